The molecule has 3 nitrogen and oxygen atoms in total. The monoisotopic (exact) mass is 356 g/mol. The fourth-order valence-corrected chi connectivity index (χ4v) is 5.19. The quantitative estimate of drug-likeness (QED) is 0.721. The van der Waals surface area contributed by atoms with Gasteiger partial charge in [-0.2, -0.15) is 5.26 Å². The van der Waals surface area contributed by atoms with Gasteiger partial charge in [0.05, 0.1) is 11.6 Å². The third kappa shape index (κ3) is 3.56. The SMILES string of the molecule is CC(C)(C)[Si](C)(C)OCCN1CCC2CCc3c(C#N)cccc3C21. The molecule has 1 aromatic rings. The zero-order chi connectivity index (χ0) is 18.2. The number of benzene rings is 1. The summed E-state index contributed by atoms with van der Waals surface area (Å²) in [5.74, 6) is 0.745. The summed E-state index contributed by atoms with van der Waals surface area (Å²) in [6.07, 6.45) is 3.56. The van der Waals surface area contributed by atoms with E-state index in [1.54, 1.807) is 0 Å². The lowest BCUT2D eigenvalue weighted by Gasteiger charge is -2.38. The lowest BCUT2D eigenvalue weighted by molar-refractivity contribution is 0.167. The van der Waals surface area contributed by atoms with Gasteiger partial charge in [0.1, 0.15) is 0 Å². The minimum absolute atomic E-state index is 0.264. The summed E-state index contributed by atoms with van der Waals surface area (Å²) in [5.41, 5.74) is 3.57. The lowest BCUT2D eigenvalue weighted by Crippen LogP contribution is -2.43. The molecular formula is C21H32N2OSi. The van der Waals surface area contributed by atoms with Crippen molar-refractivity contribution in [1.82, 2.24) is 4.90 Å². The maximum absolute atomic E-state index is 9.43. The van der Waals surface area contributed by atoms with Crippen molar-refractivity contribution in [2.75, 3.05) is 19.7 Å². The normalized spacial score (nSPS) is 23.8. The number of hydrogen-bond acceptors (Lipinski definition) is 3. The first-order valence-corrected chi connectivity index (χ1v) is 12.6. The van der Waals surface area contributed by atoms with Crippen LogP contribution < -0.4 is 0 Å². The second kappa shape index (κ2) is 6.87. The fourth-order valence-electron chi connectivity index (χ4n) is 4.16. The third-order valence-electron chi connectivity index (χ3n) is 6.69. The Morgan fingerprint density at radius 3 is 2.72 bits per heavy atom. The van der Waals surface area contributed by atoms with Crippen molar-refractivity contribution in [2.45, 2.75) is 64.2 Å². The second-order valence-corrected chi connectivity index (χ2v) is 14.0. The maximum Gasteiger partial charge on any atom is 0.192 e. The Kier molecular flexibility index (Phi) is 5.12. The molecule has 1 fully saturated rings. The van der Waals surface area contributed by atoms with Gasteiger partial charge in [-0.1, -0.05) is 32.9 Å². The highest BCUT2D eigenvalue weighted by Crippen LogP contribution is 2.45. The van der Waals surface area contributed by atoms with Gasteiger partial charge in [-0.05, 0) is 67.1 Å². The van der Waals surface area contributed by atoms with Crippen LogP contribution in [0.2, 0.25) is 18.1 Å². The number of hydrogen-bond donors (Lipinski definition) is 0. The predicted molar refractivity (Wildman–Crippen MR) is 105 cm³/mol. The highest BCUT2D eigenvalue weighted by atomic mass is 28.4. The first kappa shape index (κ1) is 18.6. The molecule has 1 aliphatic carbocycles. The van der Waals surface area contributed by atoms with Gasteiger partial charge in [0.25, 0.3) is 0 Å². The number of fused-ring (bicyclic) bond motifs is 3. The zero-order valence-electron chi connectivity index (χ0n) is 16.4. The minimum Gasteiger partial charge on any atom is -0.416 e. The first-order chi connectivity index (χ1) is 11.7. The Morgan fingerprint density at radius 2 is 2.04 bits per heavy atom. The summed E-state index contributed by atoms with van der Waals surface area (Å²) in [6.45, 7) is 14.5. The largest absolute Gasteiger partial charge is 0.416 e. The van der Waals surface area contributed by atoms with Gasteiger partial charge in [0, 0.05) is 19.2 Å². The number of rotatable bonds is 4. The van der Waals surface area contributed by atoms with Gasteiger partial charge in [-0.25, -0.2) is 0 Å². The summed E-state index contributed by atoms with van der Waals surface area (Å²) < 4.78 is 6.41. The maximum atomic E-state index is 9.43. The van der Waals surface area contributed by atoms with Crippen LogP contribution in [-0.2, 0) is 10.8 Å². The molecule has 0 amide bonds. The van der Waals surface area contributed by atoms with Gasteiger partial charge < -0.3 is 4.43 Å². The van der Waals surface area contributed by atoms with Crippen LogP contribution in [0.1, 0.15) is 56.3 Å². The molecule has 1 aliphatic heterocycles. The molecule has 2 unspecified atom stereocenters. The molecule has 0 aromatic heterocycles. The Bertz CT molecular complexity index is 671. The molecule has 0 N–H and O–H groups in total. The van der Waals surface area contributed by atoms with E-state index < -0.39 is 8.32 Å². The highest BCUT2D eigenvalue weighted by Gasteiger charge is 2.40. The minimum atomic E-state index is -1.68. The third-order valence-corrected chi connectivity index (χ3v) is 11.2. The molecule has 1 heterocycles. The van der Waals surface area contributed by atoms with Crippen molar-refractivity contribution in [1.29, 1.82) is 5.26 Å². The summed E-state index contributed by atoms with van der Waals surface area (Å²) in [6, 6.07) is 9.16. The number of nitrogens with zero attached hydrogens (tertiary/aromatic N) is 2. The second-order valence-electron chi connectivity index (χ2n) is 9.16. The zero-order valence-corrected chi connectivity index (χ0v) is 17.4. The van der Waals surface area contributed by atoms with Crippen molar-refractivity contribution >= 4 is 8.32 Å². The summed E-state index contributed by atoms with van der Waals surface area (Å²) in [7, 11) is -1.68. The van der Waals surface area contributed by atoms with Crippen LogP contribution in [0, 0.1) is 17.2 Å². The molecular weight excluding hydrogens is 324 g/mol. The summed E-state index contributed by atoms with van der Waals surface area (Å²) >= 11 is 0. The standard InChI is InChI=1S/C21H32N2OSi/c1-21(2,3)25(4,5)24-14-13-23-12-11-16-9-10-18-17(15-22)7-6-8-19(18)20(16)23/h6-8,16,20H,9-14H2,1-5H3. The predicted octanol–water partition coefficient (Wildman–Crippen LogP) is 4.89. The van der Waals surface area contributed by atoms with Gasteiger partial charge in [-0.15, -0.1) is 0 Å². The van der Waals surface area contributed by atoms with Crippen molar-refractivity contribution < 1.29 is 4.43 Å². The van der Waals surface area contributed by atoms with Crippen LogP contribution in [0.15, 0.2) is 18.2 Å². The van der Waals surface area contributed by atoms with E-state index in [1.165, 1.54) is 24.0 Å². The first-order valence-electron chi connectivity index (χ1n) is 9.64. The smallest absolute Gasteiger partial charge is 0.192 e. The molecule has 0 radical (unpaired) electrons. The van der Waals surface area contributed by atoms with Crippen LogP contribution in [0.3, 0.4) is 0 Å². The molecule has 0 saturated carbocycles. The molecule has 2 aliphatic rings. The van der Waals surface area contributed by atoms with E-state index in [-0.39, 0.29) is 5.04 Å². The van der Waals surface area contributed by atoms with E-state index in [9.17, 15) is 5.26 Å². The van der Waals surface area contributed by atoms with Crippen molar-refractivity contribution in [3.05, 3.63) is 34.9 Å². The molecule has 3 rings (SSSR count). The highest BCUT2D eigenvalue weighted by molar-refractivity contribution is 6.74. The summed E-state index contributed by atoms with van der Waals surface area (Å²) in [5, 5.41) is 9.69. The van der Waals surface area contributed by atoms with Crippen LogP contribution in [0.25, 0.3) is 0 Å². The van der Waals surface area contributed by atoms with Gasteiger partial charge in [-0.3, -0.25) is 4.90 Å². The summed E-state index contributed by atoms with van der Waals surface area (Å²) in [4.78, 5) is 2.61. The van der Waals surface area contributed by atoms with E-state index in [0.29, 0.717) is 6.04 Å². The van der Waals surface area contributed by atoms with E-state index in [4.69, 9.17) is 4.43 Å². The average molecular weight is 357 g/mol. The topological polar surface area (TPSA) is 36.3 Å². The number of nitriles is 1. The van der Waals surface area contributed by atoms with Crippen molar-refractivity contribution in [3.8, 4) is 6.07 Å². The Hall–Kier alpha value is -1.15. The average Bonchev–Trinajstić information content (AvgIpc) is 2.96. The van der Waals surface area contributed by atoms with Crippen molar-refractivity contribution in [3.63, 3.8) is 0 Å². The molecule has 1 saturated heterocycles. The van der Waals surface area contributed by atoms with E-state index in [1.807, 2.05) is 6.07 Å². The molecule has 0 bridgehead atoms. The number of likely N-dealkylation sites (tertiary alicyclic amines) is 1. The molecule has 4 heteroatoms. The van der Waals surface area contributed by atoms with E-state index in [0.717, 1.165) is 37.6 Å². The van der Waals surface area contributed by atoms with E-state index in [2.05, 4.69) is 57.0 Å². The van der Waals surface area contributed by atoms with Crippen LogP contribution in [0.5, 0.6) is 0 Å². The molecule has 2 atom stereocenters. The molecule has 25 heavy (non-hydrogen) atoms. The Morgan fingerprint density at radius 1 is 1.28 bits per heavy atom. The van der Waals surface area contributed by atoms with Crippen LogP contribution in [-0.4, -0.2) is 32.9 Å². The molecule has 0 spiro atoms. The lowest BCUT2D eigenvalue weighted by atomic mass is 9.78. The Balaban J connectivity index is 1.72. The van der Waals surface area contributed by atoms with E-state index >= 15 is 0 Å². The molecule has 136 valence electrons. The fraction of sp³-hybridized carbons (Fsp3) is 0.667. The van der Waals surface area contributed by atoms with Crippen molar-refractivity contribution in [2.24, 2.45) is 5.92 Å². The molecule has 1 aromatic carbocycles. The van der Waals surface area contributed by atoms with Gasteiger partial charge in [0.2, 0.25) is 0 Å². The van der Waals surface area contributed by atoms with Crippen LogP contribution >= 0.6 is 0 Å². The van der Waals surface area contributed by atoms with Gasteiger partial charge >= 0.3 is 0 Å². The van der Waals surface area contributed by atoms with Crippen LogP contribution in [0.4, 0.5) is 0 Å². The van der Waals surface area contributed by atoms with Gasteiger partial charge in [0.15, 0.2) is 8.32 Å². The Labute approximate surface area is 154 Å².